The van der Waals surface area contributed by atoms with Crippen LogP contribution in [0.25, 0.3) is 0 Å². The Kier molecular flexibility index (Phi) is 15.4. The number of unbranched alkanes of at least 4 members (excludes halogenated alkanes) is 13. The van der Waals surface area contributed by atoms with Gasteiger partial charge in [-0.05, 0) is 25.7 Å². The van der Waals surface area contributed by atoms with Gasteiger partial charge >= 0.3 is 0 Å². The third-order valence-electron chi connectivity index (χ3n) is 5.38. The third kappa shape index (κ3) is 13.2. The molecule has 0 bridgehead atoms. The summed E-state index contributed by atoms with van der Waals surface area (Å²) in [5.74, 6) is 0.174. The van der Waals surface area contributed by atoms with Crippen LogP contribution in [0.5, 0.6) is 0 Å². The Hall–Kier alpha value is -1.05. The second kappa shape index (κ2) is 17.4. The van der Waals surface area contributed by atoms with E-state index in [1.807, 2.05) is 17.1 Å². The number of carbonyl (C=O) groups is 1. The molecule has 150 valence electrons. The molecule has 1 amide bonds. The quantitative estimate of drug-likeness (QED) is 0.162. The van der Waals surface area contributed by atoms with E-state index < -0.39 is 0 Å². The molecule has 0 saturated carbocycles. The van der Waals surface area contributed by atoms with Crippen molar-refractivity contribution in [1.82, 2.24) is 4.90 Å². The van der Waals surface area contributed by atoms with Crippen LogP contribution < -0.4 is 0 Å². The maximum absolute atomic E-state index is 11.8. The lowest BCUT2D eigenvalue weighted by molar-refractivity contribution is -0.124. The van der Waals surface area contributed by atoms with Crippen molar-refractivity contribution in [2.24, 2.45) is 0 Å². The van der Waals surface area contributed by atoms with E-state index in [0.29, 0.717) is 0 Å². The van der Waals surface area contributed by atoms with E-state index >= 15 is 0 Å². The molecular formula is C24H43NO. The van der Waals surface area contributed by atoms with Gasteiger partial charge in [0.1, 0.15) is 0 Å². The molecule has 2 heteroatoms. The van der Waals surface area contributed by atoms with Gasteiger partial charge in [0.2, 0.25) is 5.91 Å². The van der Waals surface area contributed by atoms with Crippen molar-refractivity contribution in [3.05, 3.63) is 24.3 Å². The summed E-state index contributed by atoms with van der Waals surface area (Å²) < 4.78 is 0. The molecule has 1 saturated heterocycles. The number of hydrogen-bond donors (Lipinski definition) is 0. The van der Waals surface area contributed by atoms with Crippen LogP contribution in [0.3, 0.4) is 0 Å². The summed E-state index contributed by atoms with van der Waals surface area (Å²) in [6.07, 6.45) is 29.6. The highest BCUT2D eigenvalue weighted by atomic mass is 16.2. The minimum atomic E-state index is 0.174. The predicted octanol–water partition coefficient (Wildman–Crippen LogP) is 7.20. The molecule has 1 heterocycles. The van der Waals surface area contributed by atoms with Crippen LogP contribution in [0.1, 0.15) is 110 Å². The Labute approximate surface area is 163 Å². The summed E-state index contributed by atoms with van der Waals surface area (Å²) in [6.45, 7) is 4.16. The number of hydrogen-bond acceptors (Lipinski definition) is 1. The van der Waals surface area contributed by atoms with Gasteiger partial charge in [0.15, 0.2) is 0 Å². The Morgan fingerprint density at radius 3 is 1.77 bits per heavy atom. The van der Waals surface area contributed by atoms with E-state index in [4.69, 9.17) is 0 Å². The van der Waals surface area contributed by atoms with Crippen LogP contribution in [0, 0.1) is 0 Å². The first kappa shape index (κ1) is 23.0. The van der Waals surface area contributed by atoms with Gasteiger partial charge < -0.3 is 4.90 Å². The first-order valence-corrected chi connectivity index (χ1v) is 11.5. The number of likely N-dealkylation sites (tertiary alicyclic amines) is 1. The summed E-state index contributed by atoms with van der Waals surface area (Å²) in [6, 6.07) is 0. The standard InChI is InChI=1S/C24H43NO/c1-2-3-4-5-6-7-8-9-10-11-12-13-14-15-16-17-18-21-24(26)25-22-19-20-23-25/h16-18,21H,2-15,19-20,22-23H2,1H3/b17-16-,21-18+. The van der Waals surface area contributed by atoms with Crippen LogP contribution in [-0.4, -0.2) is 23.9 Å². The Morgan fingerprint density at radius 1 is 0.731 bits per heavy atom. The molecular weight excluding hydrogens is 318 g/mol. The SMILES string of the molecule is CCCCCCCCCCCCCCC/C=C\C=C\C(=O)N1CCCC1. The maximum Gasteiger partial charge on any atom is 0.246 e. The highest BCUT2D eigenvalue weighted by molar-refractivity contribution is 5.88. The Bertz CT molecular complexity index is 380. The number of allylic oxidation sites excluding steroid dienone is 3. The molecule has 0 aromatic carbocycles. The third-order valence-corrected chi connectivity index (χ3v) is 5.38. The molecule has 26 heavy (non-hydrogen) atoms. The summed E-state index contributed by atoms with van der Waals surface area (Å²) in [5.41, 5.74) is 0. The lowest BCUT2D eigenvalue weighted by Crippen LogP contribution is -2.25. The molecule has 0 aliphatic carbocycles. The molecule has 0 spiro atoms. The highest BCUT2D eigenvalue weighted by Gasteiger charge is 2.14. The highest BCUT2D eigenvalue weighted by Crippen LogP contribution is 2.13. The normalized spacial score (nSPS) is 14.9. The average Bonchev–Trinajstić information content (AvgIpc) is 3.19. The van der Waals surface area contributed by atoms with Crippen molar-refractivity contribution in [2.75, 3.05) is 13.1 Å². The summed E-state index contributed by atoms with van der Waals surface area (Å²) in [4.78, 5) is 13.8. The Morgan fingerprint density at radius 2 is 1.23 bits per heavy atom. The second-order valence-corrected chi connectivity index (χ2v) is 7.85. The molecule has 1 aliphatic heterocycles. The molecule has 2 nitrogen and oxygen atoms in total. The van der Waals surface area contributed by atoms with Gasteiger partial charge in [-0.15, -0.1) is 0 Å². The average molecular weight is 362 g/mol. The number of rotatable bonds is 16. The largest absolute Gasteiger partial charge is 0.339 e. The zero-order chi connectivity index (χ0) is 18.7. The lowest BCUT2D eigenvalue weighted by atomic mass is 10.0. The van der Waals surface area contributed by atoms with Crippen LogP contribution >= 0.6 is 0 Å². The molecule has 0 aromatic rings. The molecule has 0 radical (unpaired) electrons. The van der Waals surface area contributed by atoms with Crippen molar-refractivity contribution < 1.29 is 4.79 Å². The van der Waals surface area contributed by atoms with Gasteiger partial charge in [0, 0.05) is 19.2 Å². The van der Waals surface area contributed by atoms with E-state index in [0.717, 1.165) is 32.4 Å². The van der Waals surface area contributed by atoms with Crippen molar-refractivity contribution in [1.29, 1.82) is 0 Å². The number of nitrogens with zero attached hydrogens (tertiary/aromatic N) is 1. The molecule has 1 fully saturated rings. The smallest absolute Gasteiger partial charge is 0.246 e. The fourth-order valence-electron chi connectivity index (χ4n) is 3.64. The van der Waals surface area contributed by atoms with E-state index in [1.54, 1.807) is 6.08 Å². The van der Waals surface area contributed by atoms with Crippen molar-refractivity contribution in [3.63, 3.8) is 0 Å². The lowest BCUT2D eigenvalue weighted by Gasteiger charge is -2.11. The van der Waals surface area contributed by atoms with Crippen LogP contribution in [0.4, 0.5) is 0 Å². The molecule has 0 aromatic heterocycles. The second-order valence-electron chi connectivity index (χ2n) is 7.85. The van der Waals surface area contributed by atoms with E-state index in [2.05, 4.69) is 13.0 Å². The van der Waals surface area contributed by atoms with Crippen LogP contribution in [-0.2, 0) is 4.79 Å². The van der Waals surface area contributed by atoms with Gasteiger partial charge in [-0.25, -0.2) is 0 Å². The number of carbonyl (C=O) groups excluding carboxylic acids is 1. The van der Waals surface area contributed by atoms with Crippen LogP contribution in [0.15, 0.2) is 24.3 Å². The number of amides is 1. The van der Waals surface area contributed by atoms with Crippen LogP contribution in [0.2, 0.25) is 0 Å². The summed E-state index contributed by atoms with van der Waals surface area (Å²) in [7, 11) is 0. The molecule has 0 N–H and O–H groups in total. The zero-order valence-electron chi connectivity index (χ0n) is 17.4. The van der Waals surface area contributed by atoms with Gasteiger partial charge in [-0.2, -0.15) is 0 Å². The first-order chi connectivity index (χ1) is 12.8. The monoisotopic (exact) mass is 361 g/mol. The fourth-order valence-corrected chi connectivity index (χ4v) is 3.64. The summed E-state index contributed by atoms with van der Waals surface area (Å²) in [5, 5.41) is 0. The minimum Gasteiger partial charge on any atom is -0.339 e. The van der Waals surface area contributed by atoms with Gasteiger partial charge in [-0.3, -0.25) is 4.79 Å². The van der Waals surface area contributed by atoms with Gasteiger partial charge in [-0.1, -0.05) is 102 Å². The summed E-state index contributed by atoms with van der Waals surface area (Å²) >= 11 is 0. The molecule has 1 aliphatic rings. The molecule has 1 rings (SSSR count). The predicted molar refractivity (Wildman–Crippen MR) is 114 cm³/mol. The molecule has 0 atom stereocenters. The van der Waals surface area contributed by atoms with E-state index in [9.17, 15) is 4.79 Å². The maximum atomic E-state index is 11.8. The topological polar surface area (TPSA) is 20.3 Å². The fraction of sp³-hybridized carbons (Fsp3) is 0.792. The first-order valence-electron chi connectivity index (χ1n) is 11.5. The molecule has 0 unspecified atom stereocenters. The van der Waals surface area contributed by atoms with Gasteiger partial charge in [0.05, 0.1) is 0 Å². The zero-order valence-corrected chi connectivity index (χ0v) is 17.4. The van der Waals surface area contributed by atoms with Crippen molar-refractivity contribution in [3.8, 4) is 0 Å². The van der Waals surface area contributed by atoms with E-state index in [1.165, 1.54) is 83.5 Å². The minimum absolute atomic E-state index is 0.174. The Balaban J connectivity index is 1.79. The van der Waals surface area contributed by atoms with Crippen molar-refractivity contribution in [2.45, 2.75) is 110 Å². The van der Waals surface area contributed by atoms with E-state index in [-0.39, 0.29) is 5.91 Å². The van der Waals surface area contributed by atoms with Crippen molar-refractivity contribution >= 4 is 5.91 Å². The van der Waals surface area contributed by atoms with Gasteiger partial charge in [0.25, 0.3) is 0 Å².